The fourth-order valence-corrected chi connectivity index (χ4v) is 3.36. The Labute approximate surface area is 127 Å². The van der Waals surface area contributed by atoms with Crippen molar-refractivity contribution in [3.05, 3.63) is 24.3 Å². The van der Waals surface area contributed by atoms with Crippen molar-refractivity contribution in [3.8, 4) is 0 Å². The monoisotopic (exact) mass is 306 g/mol. The molecule has 3 rings (SSSR count). The number of hydrogen-bond acceptors (Lipinski definition) is 5. The summed E-state index contributed by atoms with van der Waals surface area (Å²) in [6.07, 6.45) is 5.54. The molecule has 21 heavy (non-hydrogen) atoms. The van der Waals surface area contributed by atoms with Crippen molar-refractivity contribution in [2.24, 2.45) is 7.05 Å². The van der Waals surface area contributed by atoms with Gasteiger partial charge >= 0.3 is 0 Å². The molecule has 2 aromatic heterocycles. The fraction of sp³-hybridized carbons (Fsp3) is 0.538. The number of hydrogen-bond donors (Lipinski definition) is 1. The van der Waals surface area contributed by atoms with Gasteiger partial charge in [-0.3, -0.25) is 9.89 Å². The van der Waals surface area contributed by atoms with Crippen molar-refractivity contribution in [2.45, 2.75) is 23.9 Å². The van der Waals surface area contributed by atoms with E-state index < -0.39 is 0 Å². The molecule has 1 aliphatic heterocycles. The molecule has 0 spiro atoms. The Bertz CT molecular complexity index is 596. The Kier molecular flexibility index (Phi) is 4.23. The number of nitrogens with zero attached hydrogens (tertiary/aromatic N) is 5. The van der Waals surface area contributed by atoms with Gasteiger partial charge in [0.1, 0.15) is 6.33 Å². The minimum atomic E-state index is 0.159. The predicted molar refractivity (Wildman–Crippen MR) is 78.9 cm³/mol. The third-order valence-electron chi connectivity index (χ3n) is 3.73. The Hall–Kier alpha value is -1.83. The highest BCUT2D eigenvalue weighted by Crippen LogP contribution is 2.26. The predicted octanol–water partition coefficient (Wildman–Crippen LogP) is 1.04. The van der Waals surface area contributed by atoms with Crippen LogP contribution in [0.15, 0.2) is 23.7 Å². The summed E-state index contributed by atoms with van der Waals surface area (Å²) in [5.41, 5.74) is 1.12. The lowest BCUT2D eigenvalue weighted by Crippen LogP contribution is -2.40. The topological polar surface area (TPSA) is 79.7 Å². The first-order valence-corrected chi connectivity index (χ1v) is 7.96. The van der Waals surface area contributed by atoms with Crippen LogP contribution in [0.5, 0.6) is 0 Å². The van der Waals surface area contributed by atoms with Crippen molar-refractivity contribution >= 4 is 17.7 Å². The van der Waals surface area contributed by atoms with Crippen LogP contribution in [-0.2, 0) is 11.8 Å². The second-order valence-corrected chi connectivity index (χ2v) is 6.15. The summed E-state index contributed by atoms with van der Waals surface area (Å²) < 4.78 is 1.82. The van der Waals surface area contributed by atoms with Crippen molar-refractivity contribution in [2.75, 3.05) is 18.8 Å². The molecule has 0 unspecified atom stereocenters. The quantitative estimate of drug-likeness (QED) is 0.854. The number of likely N-dealkylation sites (tertiary alicyclic amines) is 1. The van der Waals surface area contributed by atoms with Gasteiger partial charge in [0.25, 0.3) is 0 Å². The molecule has 1 aliphatic rings. The molecule has 0 saturated carbocycles. The van der Waals surface area contributed by atoms with Crippen molar-refractivity contribution in [1.29, 1.82) is 0 Å². The largest absolute Gasteiger partial charge is 0.341 e. The first-order valence-electron chi connectivity index (χ1n) is 6.98. The van der Waals surface area contributed by atoms with Crippen LogP contribution in [0.3, 0.4) is 0 Å². The number of aromatic nitrogens is 5. The lowest BCUT2D eigenvalue weighted by molar-refractivity contribution is -0.129. The normalized spacial score (nSPS) is 18.9. The minimum absolute atomic E-state index is 0.159. The van der Waals surface area contributed by atoms with Gasteiger partial charge in [0.2, 0.25) is 5.91 Å². The number of piperidine rings is 1. The highest BCUT2D eigenvalue weighted by Gasteiger charge is 2.25. The SMILES string of the molecule is Cn1cnnc1SCC(=O)N1CCC[C@@H](c2ccn[nH]2)C1. The number of rotatable bonds is 4. The molecule has 0 radical (unpaired) electrons. The van der Waals surface area contributed by atoms with E-state index >= 15 is 0 Å². The van der Waals surface area contributed by atoms with Crippen molar-refractivity contribution in [1.82, 2.24) is 29.9 Å². The highest BCUT2D eigenvalue weighted by molar-refractivity contribution is 7.99. The van der Waals surface area contributed by atoms with Crippen molar-refractivity contribution in [3.63, 3.8) is 0 Å². The molecule has 112 valence electrons. The van der Waals surface area contributed by atoms with E-state index in [-0.39, 0.29) is 5.91 Å². The maximum absolute atomic E-state index is 12.3. The van der Waals surface area contributed by atoms with Gasteiger partial charge in [0.05, 0.1) is 5.75 Å². The summed E-state index contributed by atoms with van der Waals surface area (Å²) >= 11 is 1.43. The lowest BCUT2D eigenvalue weighted by Gasteiger charge is -2.32. The van der Waals surface area contributed by atoms with Gasteiger partial charge in [-0.1, -0.05) is 11.8 Å². The highest BCUT2D eigenvalue weighted by atomic mass is 32.2. The van der Waals surface area contributed by atoms with Crippen LogP contribution in [0.4, 0.5) is 0 Å². The molecular weight excluding hydrogens is 288 g/mol. The molecule has 1 saturated heterocycles. The van der Waals surface area contributed by atoms with Gasteiger partial charge in [-0.25, -0.2) is 0 Å². The smallest absolute Gasteiger partial charge is 0.233 e. The van der Waals surface area contributed by atoms with Gasteiger partial charge in [0, 0.05) is 37.9 Å². The number of H-pyrrole nitrogens is 1. The first kappa shape index (κ1) is 14.1. The Balaban J connectivity index is 1.56. The van der Waals surface area contributed by atoms with E-state index in [1.807, 2.05) is 22.6 Å². The molecule has 1 amide bonds. The van der Waals surface area contributed by atoms with E-state index in [4.69, 9.17) is 0 Å². The lowest BCUT2D eigenvalue weighted by atomic mass is 9.95. The summed E-state index contributed by atoms with van der Waals surface area (Å²) in [6, 6.07) is 1.99. The van der Waals surface area contributed by atoms with Gasteiger partial charge in [-0.05, 0) is 18.9 Å². The summed E-state index contributed by atoms with van der Waals surface area (Å²) in [6.45, 7) is 1.60. The number of amides is 1. The van der Waals surface area contributed by atoms with Gasteiger partial charge < -0.3 is 9.47 Å². The van der Waals surface area contributed by atoms with E-state index in [2.05, 4.69) is 20.4 Å². The van der Waals surface area contributed by atoms with Crippen LogP contribution < -0.4 is 0 Å². The summed E-state index contributed by atoms with van der Waals surface area (Å²) in [5, 5.41) is 15.6. The minimum Gasteiger partial charge on any atom is -0.341 e. The Morgan fingerprint density at radius 1 is 1.57 bits per heavy atom. The van der Waals surface area contributed by atoms with Crippen molar-refractivity contribution < 1.29 is 4.79 Å². The molecule has 3 heterocycles. The average molecular weight is 306 g/mol. The zero-order valence-electron chi connectivity index (χ0n) is 11.9. The molecule has 7 nitrogen and oxygen atoms in total. The van der Waals surface area contributed by atoms with Crippen LogP contribution in [0.2, 0.25) is 0 Å². The molecule has 8 heteroatoms. The number of nitrogens with one attached hydrogen (secondary N) is 1. The molecule has 1 fully saturated rings. The zero-order chi connectivity index (χ0) is 14.7. The standard InChI is InChI=1S/C13H18N6OS/c1-18-9-15-17-13(18)21-8-12(20)19-6-2-3-10(7-19)11-4-5-14-16-11/h4-5,9-10H,2-3,6-8H2,1H3,(H,14,16)/t10-/m1/s1. The summed E-state index contributed by atoms with van der Waals surface area (Å²) in [7, 11) is 1.88. The molecular formula is C13H18N6OS. The number of thioether (sulfide) groups is 1. The van der Waals surface area contributed by atoms with E-state index in [1.165, 1.54) is 11.8 Å². The maximum atomic E-state index is 12.3. The summed E-state index contributed by atoms with van der Waals surface area (Å²) in [5.74, 6) is 0.930. The van der Waals surface area contributed by atoms with E-state index in [1.54, 1.807) is 12.5 Å². The second-order valence-electron chi connectivity index (χ2n) is 5.20. The van der Waals surface area contributed by atoms with Crippen LogP contribution in [0, 0.1) is 0 Å². The molecule has 0 aromatic carbocycles. The number of carbonyl (C=O) groups excluding carboxylic acids is 1. The average Bonchev–Trinajstić information content (AvgIpc) is 3.16. The molecule has 1 atom stereocenters. The molecule has 2 aromatic rings. The first-order chi connectivity index (χ1) is 10.2. The van der Waals surface area contributed by atoms with E-state index in [0.29, 0.717) is 11.7 Å². The number of aromatic amines is 1. The molecule has 0 aliphatic carbocycles. The maximum Gasteiger partial charge on any atom is 0.233 e. The van der Waals surface area contributed by atoms with Crippen LogP contribution >= 0.6 is 11.8 Å². The van der Waals surface area contributed by atoms with E-state index in [0.717, 1.165) is 36.8 Å². The van der Waals surface area contributed by atoms with Crippen LogP contribution in [-0.4, -0.2) is 54.6 Å². The van der Waals surface area contributed by atoms with Crippen LogP contribution in [0.25, 0.3) is 0 Å². The summed E-state index contributed by atoms with van der Waals surface area (Å²) in [4.78, 5) is 14.3. The zero-order valence-corrected chi connectivity index (χ0v) is 12.7. The third kappa shape index (κ3) is 3.26. The van der Waals surface area contributed by atoms with Crippen LogP contribution in [0.1, 0.15) is 24.5 Å². The molecule has 1 N–H and O–H groups in total. The Morgan fingerprint density at radius 2 is 2.48 bits per heavy atom. The second kappa shape index (κ2) is 6.30. The van der Waals surface area contributed by atoms with Gasteiger partial charge in [0.15, 0.2) is 5.16 Å². The number of aryl methyl sites for hydroxylation is 1. The van der Waals surface area contributed by atoms with Gasteiger partial charge in [-0.15, -0.1) is 10.2 Å². The van der Waals surface area contributed by atoms with E-state index in [9.17, 15) is 4.79 Å². The number of carbonyl (C=O) groups is 1. The van der Waals surface area contributed by atoms with Gasteiger partial charge in [-0.2, -0.15) is 5.10 Å². The molecule has 0 bridgehead atoms. The third-order valence-corrected chi connectivity index (χ3v) is 4.75. The fourth-order valence-electron chi connectivity index (χ4n) is 2.57. The Morgan fingerprint density at radius 3 is 3.19 bits per heavy atom.